The number of H-pyrrole nitrogens is 1. The number of aromatic amines is 1. The maximum Gasteiger partial charge on any atom is 0.265 e. The van der Waals surface area contributed by atoms with Gasteiger partial charge in [0.15, 0.2) is 0 Å². The molecule has 0 saturated carbocycles. The fourth-order valence-corrected chi connectivity index (χ4v) is 3.01. The van der Waals surface area contributed by atoms with Crippen LogP contribution in [0.1, 0.15) is 16.8 Å². The predicted molar refractivity (Wildman–Crippen MR) is 79.3 cm³/mol. The molecular weight excluding hydrogens is 290 g/mol. The molecule has 2 aromatic rings. The van der Waals surface area contributed by atoms with Crippen molar-refractivity contribution in [3.63, 3.8) is 0 Å². The summed E-state index contributed by atoms with van der Waals surface area (Å²) in [6.07, 6.45) is 1.27. The van der Waals surface area contributed by atoms with Crippen LogP contribution in [0.3, 0.4) is 0 Å². The van der Waals surface area contributed by atoms with Gasteiger partial charge in [-0.3, -0.25) is 9.82 Å². The fraction of sp³-hybridized carbons (Fsp3) is 0.214. The van der Waals surface area contributed by atoms with Crippen molar-refractivity contribution < 1.29 is 13.5 Å². The molecule has 1 aromatic carbocycles. The quantitative estimate of drug-likeness (QED) is 0.742. The Kier molecular flexibility index (Phi) is 4.31. The molecule has 0 saturated heterocycles. The zero-order valence-electron chi connectivity index (χ0n) is 11.6. The molecule has 0 fully saturated rings. The summed E-state index contributed by atoms with van der Waals surface area (Å²) in [6, 6.07) is 5.02. The fourth-order valence-electron chi connectivity index (χ4n) is 1.82. The van der Waals surface area contributed by atoms with E-state index in [0.29, 0.717) is 11.4 Å². The highest BCUT2D eigenvalue weighted by Crippen LogP contribution is 2.20. The van der Waals surface area contributed by atoms with E-state index in [1.165, 1.54) is 6.20 Å². The molecule has 0 amide bonds. The van der Waals surface area contributed by atoms with E-state index in [2.05, 4.69) is 26.8 Å². The van der Waals surface area contributed by atoms with E-state index in [-0.39, 0.29) is 11.5 Å². The maximum atomic E-state index is 12.2. The highest BCUT2D eigenvalue weighted by Gasteiger charge is 2.18. The number of anilines is 1. The molecule has 3 N–H and O–H groups in total. The number of hydrogen-bond acceptors (Lipinski definition) is 4. The third-order valence-electron chi connectivity index (χ3n) is 2.85. The second-order valence-electron chi connectivity index (χ2n) is 4.45. The Hall–Kier alpha value is -2.30. The van der Waals surface area contributed by atoms with Crippen molar-refractivity contribution in [3.8, 4) is 11.8 Å². The lowest BCUT2D eigenvalue weighted by atomic mass is 10.1. The normalized spacial score (nSPS) is 10.8. The lowest BCUT2D eigenvalue weighted by Crippen LogP contribution is -2.13. The summed E-state index contributed by atoms with van der Waals surface area (Å²) in [5, 5.41) is 15.0. The van der Waals surface area contributed by atoms with Crippen molar-refractivity contribution in [2.45, 2.75) is 18.7 Å². The number of rotatable bonds is 3. The Balaban J connectivity index is 2.29. The van der Waals surface area contributed by atoms with E-state index in [0.717, 1.165) is 11.1 Å². The van der Waals surface area contributed by atoms with Crippen molar-refractivity contribution in [1.29, 1.82) is 0 Å². The molecule has 2 rings (SSSR count). The van der Waals surface area contributed by atoms with Crippen LogP contribution in [0.15, 0.2) is 29.3 Å². The third-order valence-corrected chi connectivity index (χ3v) is 4.35. The molecule has 0 spiro atoms. The van der Waals surface area contributed by atoms with Crippen LogP contribution >= 0.6 is 0 Å². The van der Waals surface area contributed by atoms with Crippen molar-refractivity contribution >= 4 is 15.7 Å². The van der Waals surface area contributed by atoms with Crippen LogP contribution in [0.2, 0.25) is 0 Å². The number of aliphatic hydroxyl groups excluding tert-OH is 1. The lowest BCUT2D eigenvalue weighted by Gasteiger charge is -2.08. The Morgan fingerprint density at radius 3 is 2.71 bits per heavy atom. The van der Waals surface area contributed by atoms with Crippen LogP contribution in [-0.2, 0) is 10.0 Å². The van der Waals surface area contributed by atoms with Crippen molar-refractivity contribution in [2.24, 2.45) is 0 Å². The summed E-state index contributed by atoms with van der Waals surface area (Å²) in [6.45, 7) is 3.25. The van der Waals surface area contributed by atoms with Gasteiger partial charge in [-0.1, -0.05) is 11.8 Å². The summed E-state index contributed by atoms with van der Waals surface area (Å²) in [4.78, 5) is 0.115. The number of benzene rings is 1. The summed E-state index contributed by atoms with van der Waals surface area (Å²) in [5.74, 6) is 5.35. The molecule has 21 heavy (non-hydrogen) atoms. The topological polar surface area (TPSA) is 95.1 Å². The minimum absolute atomic E-state index is 0.115. The maximum absolute atomic E-state index is 12.2. The molecule has 0 unspecified atom stereocenters. The van der Waals surface area contributed by atoms with Gasteiger partial charge in [-0.2, -0.15) is 5.10 Å². The minimum atomic E-state index is -3.67. The molecule has 110 valence electrons. The Labute approximate surface area is 123 Å². The lowest BCUT2D eigenvalue weighted by molar-refractivity contribution is 0.350. The minimum Gasteiger partial charge on any atom is -0.384 e. The number of nitrogens with zero attached hydrogens (tertiary/aromatic N) is 1. The van der Waals surface area contributed by atoms with Crippen LogP contribution in [0.4, 0.5) is 5.69 Å². The second-order valence-corrected chi connectivity index (χ2v) is 6.11. The Bertz CT molecular complexity index is 813. The predicted octanol–water partition coefficient (Wildman–Crippen LogP) is 1.17. The van der Waals surface area contributed by atoms with Gasteiger partial charge in [-0.15, -0.1) is 0 Å². The summed E-state index contributed by atoms with van der Waals surface area (Å²) >= 11 is 0. The molecule has 0 aliphatic rings. The van der Waals surface area contributed by atoms with E-state index in [1.807, 2.05) is 6.92 Å². The van der Waals surface area contributed by atoms with Gasteiger partial charge in [-0.25, -0.2) is 8.42 Å². The number of aryl methyl sites for hydroxylation is 2. The molecule has 7 heteroatoms. The average molecular weight is 305 g/mol. The average Bonchev–Trinajstić information content (AvgIpc) is 2.84. The van der Waals surface area contributed by atoms with Crippen LogP contribution < -0.4 is 4.72 Å². The molecular formula is C14H15N3O3S. The second kappa shape index (κ2) is 5.99. The van der Waals surface area contributed by atoms with Crippen LogP contribution in [-0.4, -0.2) is 30.3 Å². The largest absolute Gasteiger partial charge is 0.384 e. The van der Waals surface area contributed by atoms with Crippen LogP contribution in [0.25, 0.3) is 0 Å². The number of aromatic nitrogens is 2. The SMILES string of the molecule is Cc1cc(NS(=O)(=O)c2cn[nH]c2C)ccc1C#CCO. The summed E-state index contributed by atoms with van der Waals surface area (Å²) < 4.78 is 26.9. The molecule has 0 bridgehead atoms. The number of sulfonamides is 1. The molecule has 1 heterocycles. The standard InChI is InChI=1S/C14H15N3O3S/c1-10-8-13(6-5-12(10)4-3-7-18)17-21(19,20)14-9-15-16-11(14)2/h5-6,8-9,17-18H,7H2,1-2H3,(H,15,16). The van der Waals surface area contributed by atoms with Gasteiger partial charge >= 0.3 is 0 Å². The van der Waals surface area contributed by atoms with Gasteiger partial charge in [0.2, 0.25) is 0 Å². The van der Waals surface area contributed by atoms with Gasteiger partial charge in [0.05, 0.1) is 11.9 Å². The number of nitrogens with one attached hydrogen (secondary N) is 2. The van der Waals surface area contributed by atoms with Crippen molar-refractivity contribution in [2.75, 3.05) is 11.3 Å². The highest BCUT2D eigenvalue weighted by atomic mass is 32.2. The highest BCUT2D eigenvalue weighted by molar-refractivity contribution is 7.92. The number of hydrogen-bond donors (Lipinski definition) is 3. The third kappa shape index (κ3) is 3.42. The molecule has 0 aliphatic carbocycles. The first-order valence-corrected chi connectivity index (χ1v) is 7.65. The Morgan fingerprint density at radius 1 is 1.38 bits per heavy atom. The first kappa shape index (κ1) is 15.1. The van der Waals surface area contributed by atoms with E-state index in [4.69, 9.17) is 5.11 Å². The first-order valence-electron chi connectivity index (χ1n) is 6.17. The van der Waals surface area contributed by atoms with Crippen molar-refractivity contribution in [3.05, 3.63) is 41.2 Å². The van der Waals surface area contributed by atoms with E-state index in [1.54, 1.807) is 25.1 Å². The summed E-state index contributed by atoms with van der Waals surface area (Å²) in [7, 11) is -3.67. The van der Waals surface area contributed by atoms with Crippen LogP contribution in [0, 0.1) is 25.7 Å². The van der Waals surface area contributed by atoms with Crippen LogP contribution in [0.5, 0.6) is 0 Å². The molecule has 0 aliphatic heterocycles. The smallest absolute Gasteiger partial charge is 0.265 e. The first-order chi connectivity index (χ1) is 9.94. The van der Waals surface area contributed by atoms with Gasteiger partial charge in [0, 0.05) is 11.3 Å². The van der Waals surface area contributed by atoms with Crippen molar-refractivity contribution in [1.82, 2.24) is 10.2 Å². The zero-order valence-corrected chi connectivity index (χ0v) is 12.5. The van der Waals surface area contributed by atoms with Gasteiger partial charge in [0.25, 0.3) is 10.0 Å². The molecule has 0 atom stereocenters. The monoisotopic (exact) mass is 305 g/mol. The van der Waals surface area contributed by atoms with Gasteiger partial charge in [0.1, 0.15) is 11.5 Å². The van der Waals surface area contributed by atoms with E-state index >= 15 is 0 Å². The van der Waals surface area contributed by atoms with E-state index in [9.17, 15) is 8.42 Å². The zero-order chi connectivity index (χ0) is 15.5. The summed E-state index contributed by atoms with van der Waals surface area (Å²) in [5.41, 5.74) is 2.49. The molecule has 1 aromatic heterocycles. The molecule has 6 nitrogen and oxygen atoms in total. The number of aliphatic hydroxyl groups is 1. The van der Waals surface area contributed by atoms with Gasteiger partial charge < -0.3 is 5.11 Å². The Morgan fingerprint density at radius 2 is 2.14 bits per heavy atom. The van der Waals surface area contributed by atoms with E-state index < -0.39 is 10.0 Å². The van der Waals surface area contributed by atoms with Gasteiger partial charge in [-0.05, 0) is 37.6 Å². The molecule has 0 radical (unpaired) electrons.